The van der Waals surface area contributed by atoms with E-state index in [0.717, 1.165) is 0 Å². The number of halogens is 2. The lowest BCUT2D eigenvalue weighted by Gasteiger charge is -2.33. The topological polar surface area (TPSA) is 102 Å². The summed E-state index contributed by atoms with van der Waals surface area (Å²) in [5.74, 6) is -2.70. The Hall–Kier alpha value is -2.12. The minimum Gasteiger partial charge on any atom is -0.482 e. The predicted molar refractivity (Wildman–Crippen MR) is 97.2 cm³/mol. The van der Waals surface area contributed by atoms with E-state index in [-0.39, 0.29) is 17.2 Å². The van der Waals surface area contributed by atoms with Crippen LogP contribution in [-0.4, -0.2) is 30.0 Å². The van der Waals surface area contributed by atoms with Crippen molar-refractivity contribution < 1.29 is 23.9 Å². The molecule has 2 atom stereocenters. The first kappa shape index (κ1) is 19.6. The standard InChI is InChI=1S/C18H18Cl2N2O5/c1-17(2)10-5-6-18(17,15(25)14(10)24)16(26)22-21-13(23)8-27-12-4-3-9(19)7-11(12)20/h3-4,7,10H,5-6,8H2,1-2H3,(H,21,23)(H,22,26). The van der Waals surface area contributed by atoms with Crippen LogP contribution in [0.2, 0.25) is 10.0 Å². The van der Waals surface area contributed by atoms with Gasteiger partial charge >= 0.3 is 0 Å². The maximum atomic E-state index is 12.7. The number of ether oxygens (including phenoxy) is 1. The third-order valence-electron chi connectivity index (χ3n) is 5.66. The summed E-state index contributed by atoms with van der Waals surface area (Å²) in [5.41, 5.74) is 2.25. The SMILES string of the molecule is CC1(C)C2CCC1(C(=O)NNC(=O)COc1ccc(Cl)cc1Cl)C(=O)C2=O. The summed E-state index contributed by atoms with van der Waals surface area (Å²) in [6.07, 6.45) is 0.769. The van der Waals surface area contributed by atoms with Gasteiger partial charge in [0.15, 0.2) is 6.61 Å². The molecule has 0 aliphatic heterocycles. The fourth-order valence-corrected chi connectivity index (χ4v) is 4.55. The minimum absolute atomic E-state index is 0.243. The lowest BCUT2D eigenvalue weighted by Crippen LogP contribution is -2.55. The zero-order valence-electron chi connectivity index (χ0n) is 14.7. The van der Waals surface area contributed by atoms with Crippen molar-refractivity contribution in [2.24, 2.45) is 16.7 Å². The first-order valence-electron chi connectivity index (χ1n) is 8.37. The number of benzene rings is 1. The lowest BCUT2D eigenvalue weighted by molar-refractivity contribution is -0.150. The zero-order chi connectivity index (χ0) is 20.0. The van der Waals surface area contributed by atoms with E-state index in [1.165, 1.54) is 12.1 Å². The monoisotopic (exact) mass is 412 g/mol. The second-order valence-corrected chi connectivity index (χ2v) is 8.12. The van der Waals surface area contributed by atoms with Crippen LogP contribution in [0.25, 0.3) is 0 Å². The van der Waals surface area contributed by atoms with Crippen LogP contribution < -0.4 is 15.6 Å². The number of carbonyl (C=O) groups is 4. The second-order valence-electron chi connectivity index (χ2n) is 7.28. The number of hydrogen-bond acceptors (Lipinski definition) is 5. The summed E-state index contributed by atoms with van der Waals surface area (Å²) in [7, 11) is 0. The Morgan fingerprint density at radius 1 is 1.22 bits per heavy atom. The van der Waals surface area contributed by atoms with E-state index in [2.05, 4.69) is 10.9 Å². The van der Waals surface area contributed by atoms with Gasteiger partial charge in [0, 0.05) is 10.9 Å². The summed E-state index contributed by atoms with van der Waals surface area (Å²) in [5, 5.41) is 0.670. The van der Waals surface area contributed by atoms with E-state index in [4.69, 9.17) is 27.9 Å². The van der Waals surface area contributed by atoms with Crippen LogP contribution in [0.4, 0.5) is 0 Å². The van der Waals surface area contributed by atoms with Gasteiger partial charge in [-0.2, -0.15) is 0 Å². The molecule has 3 rings (SSSR count). The molecule has 2 aliphatic carbocycles. The van der Waals surface area contributed by atoms with Gasteiger partial charge in [-0.3, -0.25) is 30.0 Å². The molecule has 1 aromatic carbocycles. The number of rotatable bonds is 4. The van der Waals surface area contributed by atoms with Crippen LogP contribution >= 0.6 is 23.2 Å². The van der Waals surface area contributed by atoms with Gasteiger partial charge in [-0.25, -0.2) is 0 Å². The maximum Gasteiger partial charge on any atom is 0.276 e. The Morgan fingerprint density at radius 2 is 1.93 bits per heavy atom. The normalized spacial score (nSPS) is 25.4. The Labute approximate surface area is 165 Å². The first-order chi connectivity index (χ1) is 12.6. The lowest BCUT2D eigenvalue weighted by atomic mass is 9.68. The molecular weight excluding hydrogens is 395 g/mol. The summed E-state index contributed by atoms with van der Waals surface area (Å²) >= 11 is 11.7. The molecule has 0 radical (unpaired) electrons. The van der Waals surface area contributed by atoms with Crippen molar-refractivity contribution in [3.63, 3.8) is 0 Å². The number of amides is 2. The Kier molecular flexibility index (Phi) is 4.94. The molecule has 1 aromatic rings. The number of carbonyl (C=O) groups excluding carboxylic acids is 4. The van der Waals surface area contributed by atoms with Crippen molar-refractivity contribution in [1.29, 1.82) is 0 Å². The van der Waals surface area contributed by atoms with Gasteiger partial charge in [0.1, 0.15) is 11.2 Å². The van der Waals surface area contributed by atoms with E-state index in [0.29, 0.717) is 11.4 Å². The highest BCUT2D eigenvalue weighted by atomic mass is 35.5. The molecule has 2 saturated carbocycles. The molecule has 0 spiro atoms. The van der Waals surface area contributed by atoms with Gasteiger partial charge in [-0.15, -0.1) is 0 Å². The molecule has 0 saturated heterocycles. The van der Waals surface area contributed by atoms with E-state index in [1.54, 1.807) is 19.9 Å². The molecule has 144 valence electrons. The van der Waals surface area contributed by atoms with Crippen LogP contribution in [0.5, 0.6) is 5.75 Å². The van der Waals surface area contributed by atoms with Crippen molar-refractivity contribution in [1.82, 2.24) is 10.9 Å². The van der Waals surface area contributed by atoms with Crippen LogP contribution in [0, 0.1) is 16.7 Å². The van der Waals surface area contributed by atoms with Crippen molar-refractivity contribution in [3.8, 4) is 5.75 Å². The molecule has 9 heteroatoms. The largest absolute Gasteiger partial charge is 0.482 e. The van der Waals surface area contributed by atoms with E-state index < -0.39 is 46.7 Å². The average molecular weight is 413 g/mol. The molecule has 2 fully saturated rings. The highest BCUT2D eigenvalue weighted by Crippen LogP contribution is 2.62. The molecule has 2 amide bonds. The van der Waals surface area contributed by atoms with Gasteiger partial charge in [-0.1, -0.05) is 37.0 Å². The Balaban J connectivity index is 1.60. The Morgan fingerprint density at radius 3 is 2.52 bits per heavy atom. The third-order valence-corrected chi connectivity index (χ3v) is 6.19. The molecule has 7 nitrogen and oxygen atoms in total. The maximum absolute atomic E-state index is 12.7. The third kappa shape index (κ3) is 2.99. The van der Waals surface area contributed by atoms with Crippen molar-refractivity contribution in [2.75, 3.05) is 6.61 Å². The smallest absolute Gasteiger partial charge is 0.276 e. The van der Waals surface area contributed by atoms with Crippen LogP contribution in [-0.2, 0) is 19.2 Å². The second kappa shape index (κ2) is 6.80. The number of hydrogen-bond donors (Lipinski definition) is 2. The summed E-state index contributed by atoms with van der Waals surface area (Å²) in [4.78, 5) is 49.1. The van der Waals surface area contributed by atoms with Crippen molar-refractivity contribution in [2.45, 2.75) is 26.7 Å². The number of nitrogens with one attached hydrogen (secondary N) is 2. The number of hydrazine groups is 1. The number of fused-ring (bicyclic) bond motifs is 2. The summed E-state index contributed by atoms with van der Waals surface area (Å²) < 4.78 is 5.28. The van der Waals surface area contributed by atoms with Gasteiger partial charge in [-0.05, 0) is 36.5 Å². The molecule has 2 N–H and O–H groups in total. The summed E-state index contributed by atoms with van der Waals surface area (Å²) in [6.45, 7) is 3.06. The molecule has 2 unspecified atom stereocenters. The first-order valence-corrected chi connectivity index (χ1v) is 9.12. The Bertz CT molecular complexity index is 854. The number of ketones is 2. The summed E-state index contributed by atoms with van der Waals surface area (Å²) in [6, 6.07) is 4.54. The minimum atomic E-state index is -1.44. The average Bonchev–Trinajstić information content (AvgIpc) is 2.95. The van der Waals surface area contributed by atoms with Gasteiger partial charge in [0.05, 0.1) is 5.02 Å². The molecule has 2 aliphatic rings. The molecule has 0 aromatic heterocycles. The fraction of sp³-hybridized carbons (Fsp3) is 0.444. The quantitative estimate of drug-likeness (QED) is 0.447. The van der Waals surface area contributed by atoms with Gasteiger partial charge < -0.3 is 4.74 Å². The highest BCUT2D eigenvalue weighted by molar-refractivity contribution is 6.47. The fourth-order valence-electron chi connectivity index (χ4n) is 4.09. The molecule has 0 heterocycles. The van der Waals surface area contributed by atoms with Gasteiger partial charge in [0.25, 0.3) is 11.8 Å². The van der Waals surface area contributed by atoms with Crippen molar-refractivity contribution >= 4 is 46.6 Å². The van der Waals surface area contributed by atoms with Crippen LogP contribution in [0.15, 0.2) is 18.2 Å². The molecule has 27 heavy (non-hydrogen) atoms. The zero-order valence-corrected chi connectivity index (χ0v) is 16.2. The molecule has 2 bridgehead atoms. The van der Waals surface area contributed by atoms with E-state index in [1.807, 2.05) is 0 Å². The van der Waals surface area contributed by atoms with Crippen LogP contribution in [0.1, 0.15) is 26.7 Å². The highest BCUT2D eigenvalue weighted by Gasteiger charge is 2.72. The van der Waals surface area contributed by atoms with Crippen molar-refractivity contribution in [3.05, 3.63) is 28.2 Å². The van der Waals surface area contributed by atoms with Gasteiger partial charge in [0.2, 0.25) is 11.6 Å². The van der Waals surface area contributed by atoms with E-state index >= 15 is 0 Å². The van der Waals surface area contributed by atoms with Crippen LogP contribution in [0.3, 0.4) is 0 Å². The number of Topliss-reactive ketones (excluding diaryl/α,β-unsaturated/α-hetero) is 2. The molecular formula is C18H18Cl2N2O5. The predicted octanol–water partition coefficient (Wildman–Crippen LogP) is 2.09. The van der Waals surface area contributed by atoms with E-state index in [9.17, 15) is 19.2 Å².